The molecule has 0 spiro atoms. The minimum absolute atomic E-state index is 0.0478. The number of benzene rings is 3. The minimum atomic E-state index is -0.193. The zero-order valence-corrected chi connectivity index (χ0v) is 21.7. The third kappa shape index (κ3) is 5.46. The zero-order valence-electron chi connectivity index (χ0n) is 21.7. The van der Waals surface area contributed by atoms with Gasteiger partial charge in [-0.1, -0.05) is 80.8 Å². The van der Waals surface area contributed by atoms with Crippen LogP contribution < -0.4 is 15.0 Å². The van der Waals surface area contributed by atoms with Crippen molar-refractivity contribution in [3.05, 3.63) is 101 Å². The number of amides is 2. The molecule has 1 N–H and O–H groups in total. The van der Waals surface area contributed by atoms with Crippen LogP contribution in [0.4, 0.5) is 5.69 Å². The summed E-state index contributed by atoms with van der Waals surface area (Å²) < 4.78 is 6.03. The molecule has 0 radical (unpaired) electrons. The Morgan fingerprint density at radius 3 is 2.49 bits per heavy atom. The summed E-state index contributed by atoms with van der Waals surface area (Å²) in [5.41, 5.74) is 4.40. The Morgan fingerprint density at radius 1 is 1.00 bits per heavy atom. The Morgan fingerprint density at radius 2 is 1.73 bits per heavy atom. The van der Waals surface area contributed by atoms with Crippen molar-refractivity contribution >= 4 is 23.6 Å². The number of nitrogens with zero attached hydrogens (tertiary/aromatic N) is 1. The largest absolute Gasteiger partial charge is 0.449 e. The number of nitrogens with one attached hydrogen (secondary N) is 1. The van der Waals surface area contributed by atoms with Crippen molar-refractivity contribution in [1.29, 1.82) is 0 Å². The second-order valence-electron chi connectivity index (χ2n) is 10.4. The van der Waals surface area contributed by atoms with Crippen LogP contribution >= 0.6 is 0 Å². The molecule has 190 valence electrons. The minimum Gasteiger partial charge on any atom is -0.449 e. The summed E-state index contributed by atoms with van der Waals surface area (Å²) in [6.07, 6.45) is 5.15. The molecular formula is C32H34N2O3. The van der Waals surface area contributed by atoms with Gasteiger partial charge >= 0.3 is 0 Å². The summed E-state index contributed by atoms with van der Waals surface area (Å²) in [5, 5.41) is 3.23. The first kappa shape index (κ1) is 24.8. The van der Waals surface area contributed by atoms with Gasteiger partial charge in [0.05, 0.1) is 12.2 Å². The predicted octanol–water partition coefficient (Wildman–Crippen LogP) is 6.52. The van der Waals surface area contributed by atoms with Crippen LogP contribution in [0.3, 0.4) is 0 Å². The van der Waals surface area contributed by atoms with Gasteiger partial charge in [-0.2, -0.15) is 0 Å². The Kier molecular flexibility index (Phi) is 7.13. The number of ether oxygens (including phenoxy) is 1. The summed E-state index contributed by atoms with van der Waals surface area (Å²) in [5.74, 6) is 1.76. The fraction of sp³-hybridized carbons (Fsp3) is 0.312. The average molecular weight is 495 g/mol. The molecule has 2 aliphatic rings. The van der Waals surface area contributed by atoms with Gasteiger partial charge in [0.2, 0.25) is 0 Å². The molecule has 3 aromatic rings. The summed E-state index contributed by atoms with van der Waals surface area (Å²) >= 11 is 0. The monoisotopic (exact) mass is 494 g/mol. The van der Waals surface area contributed by atoms with E-state index in [0.29, 0.717) is 29.7 Å². The highest BCUT2D eigenvalue weighted by Crippen LogP contribution is 2.36. The molecule has 0 saturated heterocycles. The van der Waals surface area contributed by atoms with Crippen LogP contribution in [0.1, 0.15) is 60.2 Å². The molecule has 5 rings (SSSR count). The molecule has 3 aromatic carbocycles. The lowest BCUT2D eigenvalue weighted by Gasteiger charge is -2.34. The zero-order chi connectivity index (χ0) is 25.9. The van der Waals surface area contributed by atoms with E-state index >= 15 is 0 Å². The van der Waals surface area contributed by atoms with Gasteiger partial charge < -0.3 is 10.1 Å². The van der Waals surface area contributed by atoms with Crippen molar-refractivity contribution in [1.82, 2.24) is 5.32 Å². The number of anilines is 1. The van der Waals surface area contributed by atoms with Gasteiger partial charge in [0.1, 0.15) is 0 Å². The van der Waals surface area contributed by atoms with Crippen LogP contribution in [-0.2, 0) is 11.3 Å². The maximum absolute atomic E-state index is 13.5. The molecule has 5 nitrogen and oxygen atoms in total. The normalized spacial score (nSPS) is 22.4. The summed E-state index contributed by atoms with van der Waals surface area (Å²) in [4.78, 5) is 28.1. The smallest absolute Gasteiger partial charge is 0.294 e. The van der Waals surface area contributed by atoms with Gasteiger partial charge in [0, 0.05) is 11.6 Å². The Bertz CT molecular complexity index is 1310. The van der Waals surface area contributed by atoms with Gasteiger partial charge in [-0.15, -0.1) is 0 Å². The summed E-state index contributed by atoms with van der Waals surface area (Å²) in [7, 11) is 0. The van der Waals surface area contributed by atoms with Gasteiger partial charge in [-0.05, 0) is 66.6 Å². The highest BCUT2D eigenvalue weighted by molar-refractivity contribution is 6.09. The SMILES string of the molecule is Cc1ccc(CN2C(=O)C(=Cc3ccc(C(=O)NC4CCCC(C)C4C)cc3)Oc3ccccc32)cc1. The standard InChI is InChI=1S/C32H34N2O3/c1-21-11-13-25(14-12-21)20-34-28-9-4-5-10-29(28)37-30(32(34)36)19-24-15-17-26(18-16-24)31(35)33-27-8-6-7-22(2)23(27)3/h4-5,9-19,22-23,27H,6-8,20H2,1-3H3,(H,33,35). The first-order valence-corrected chi connectivity index (χ1v) is 13.2. The molecule has 3 atom stereocenters. The molecule has 0 bridgehead atoms. The molecule has 3 unspecified atom stereocenters. The Balaban J connectivity index is 1.34. The van der Waals surface area contributed by atoms with Crippen molar-refractivity contribution in [3.8, 4) is 5.75 Å². The van der Waals surface area contributed by atoms with Gasteiger partial charge in [-0.3, -0.25) is 14.5 Å². The second-order valence-corrected chi connectivity index (χ2v) is 10.4. The van der Waals surface area contributed by atoms with E-state index in [1.165, 1.54) is 12.0 Å². The number of fused-ring (bicyclic) bond motifs is 1. The maximum atomic E-state index is 13.5. The van der Waals surface area contributed by atoms with Crippen molar-refractivity contribution in [3.63, 3.8) is 0 Å². The molecule has 1 saturated carbocycles. The molecule has 1 aliphatic carbocycles. The number of rotatable bonds is 5. The van der Waals surface area contributed by atoms with Crippen molar-refractivity contribution in [2.45, 2.75) is 52.6 Å². The lowest BCUT2D eigenvalue weighted by molar-refractivity contribution is -0.117. The van der Waals surface area contributed by atoms with E-state index in [4.69, 9.17) is 4.74 Å². The number of aryl methyl sites for hydroxylation is 1. The highest BCUT2D eigenvalue weighted by atomic mass is 16.5. The van der Waals surface area contributed by atoms with E-state index in [1.54, 1.807) is 11.0 Å². The quantitative estimate of drug-likeness (QED) is 0.411. The van der Waals surface area contributed by atoms with Crippen LogP contribution in [0.15, 0.2) is 78.6 Å². The van der Waals surface area contributed by atoms with Gasteiger partial charge in [-0.25, -0.2) is 0 Å². The van der Waals surface area contributed by atoms with Crippen molar-refractivity contribution in [2.75, 3.05) is 4.90 Å². The summed E-state index contributed by atoms with van der Waals surface area (Å²) in [6, 6.07) is 23.3. The second kappa shape index (κ2) is 10.6. The number of carbonyl (C=O) groups is 2. The summed E-state index contributed by atoms with van der Waals surface area (Å²) in [6.45, 7) is 6.99. The van der Waals surface area contributed by atoms with Crippen LogP contribution in [0.2, 0.25) is 0 Å². The first-order valence-electron chi connectivity index (χ1n) is 13.2. The lowest BCUT2D eigenvalue weighted by Crippen LogP contribution is -2.43. The Labute approximate surface area is 219 Å². The average Bonchev–Trinajstić information content (AvgIpc) is 2.90. The van der Waals surface area contributed by atoms with E-state index in [0.717, 1.165) is 29.7 Å². The maximum Gasteiger partial charge on any atom is 0.294 e. The van der Waals surface area contributed by atoms with E-state index in [2.05, 4.69) is 31.3 Å². The molecular weight excluding hydrogens is 460 g/mol. The molecule has 0 aromatic heterocycles. The van der Waals surface area contributed by atoms with Crippen LogP contribution in [0.25, 0.3) is 6.08 Å². The van der Waals surface area contributed by atoms with Gasteiger partial charge in [0.25, 0.3) is 11.8 Å². The third-order valence-corrected chi connectivity index (χ3v) is 7.79. The molecule has 37 heavy (non-hydrogen) atoms. The van der Waals surface area contributed by atoms with Crippen molar-refractivity contribution in [2.24, 2.45) is 11.8 Å². The fourth-order valence-electron chi connectivity index (χ4n) is 5.21. The third-order valence-electron chi connectivity index (χ3n) is 7.79. The Hall–Kier alpha value is -3.86. The van der Waals surface area contributed by atoms with Crippen LogP contribution in [-0.4, -0.2) is 17.9 Å². The van der Waals surface area contributed by atoms with Crippen LogP contribution in [0, 0.1) is 18.8 Å². The number of para-hydroxylation sites is 2. The molecule has 1 heterocycles. The number of hydrogen-bond donors (Lipinski definition) is 1. The molecule has 2 amide bonds. The number of hydrogen-bond acceptors (Lipinski definition) is 3. The molecule has 1 aliphatic heterocycles. The molecule has 1 fully saturated rings. The molecule has 5 heteroatoms. The van der Waals surface area contributed by atoms with E-state index < -0.39 is 0 Å². The topological polar surface area (TPSA) is 58.6 Å². The predicted molar refractivity (Wildman–Crippen MR) is 147 cm³/mol. The van der Waals surface area contributed by atoms with E-state index in [9.17, 15) is 9.59 Å². The van der Waals surface area contributed by atoms with Crippen molar-refractivity contribution < 1.29 is 14.3 Å². The van der Waals surface area contributed by atoms with E-state index in [-0.39, 0.29) is 23.6 Å². The van der Waals surface area contributed by atoms with Crippen LogP contribution in [0.5, 0.6) is 5.75 Å². The van der Waals surface area contributed by atoms with E-state index in [1.807, 2.05) is 67.6 Å². The first-order chi connectivity index (χ1) is 17.9. The number of carbonyl (C=O) groups excluding carboxylic acids is 2. The lowest BCUT2D eigenvalue weighted by atomic mass is 9.78. The fourth-order valence-corrected chi connectivity index (χ4v) is 5.21. The highest BCUT2D eigenvalue weighted by Gasteiger charge is 2.31. The van der Waals surface area contributed by atoms with Gasteiger partial charge in [0.15, 0.2) is 11.5 Å².